The van der Waals surface area contributed by atoms with Crippen LogP contribution < -0.4 is 18.9 Å². The topological polar surface area (TPSA) is 141 Å². The van der Waals surface area contributed by atoms with Crippen molar-refractivity contribution in [1.82, 2.24) is 4.98 Å². The Labute approximate surface area is 186 Å². The van der Waals surface area contributed by atoms with E-state index in [1.165, 1.54) is 7.11 Å². The number of ketones is 1. The van der Waals surface area contributed by atoms with E-state index >= 15 is 0 Å². The Kier molecular flexibility index (Phi) is 5.57. The van der Waals surface area contributed by atoms with Gasteiger partial charge in [0.2, 0.25) is 12.6 Å². The third-order valence-electron chi connectivity index (χ3n) is 5.01. The fourth-order valence-corrected chi connectivity index (χ4v) is 3.76. The summed E-state index contributed by atoms with van der Waals surface area (Å²) in [6.07, 6.45) is 2.74. The number of carboxylic acids is 2. The number of carbonyl (C=O) groups excluding carboxylic acids is 1. The van der Waals surface area contributed by atoms with Gasteiger partial charge in [0.1, 0.15) is 5.69 Å². The highest BCUT2D eigenvalue weighted by atomic mass is 16.7. The Morgan fingerprint density at radius 1 is 1.03 bits per heavy atom. The molecule has 2 aliphatic rings. The van der Waals surface area contributed by atoms with Crippen molar-refractivity contribution in [1.29, 1.82) is 0 Å². The number of ether oxygens (including phenoxy) is 4. The van der Waals surface area contributed by atoms with Crippen molar-refractivity contribution in [2.45, 2.75) is 0 Å². The molecule has 0 fully saturated rings. The number of nitrogens with zero attached hydrogens (tertiary/aromatic N) is 1. The molecule has 33 heavy (non-hydrogen) atoms. The van der Waals surface area contributed by atoms with Crippen molar-refractivity contribution in [2.75, 3.05) is 21.0 Å². The van der Waals surface area contributed by atoms with Gasteiger partial charge in [-0.2, -0.15) is 0 Å². The smallest absolute Gasteiger partial charge is 0.328 e. The number of hydrogen-bond donors (Lipinski definition) is 2. The van der Waals surface area contributed by atoms with Crippen LogP contribution in [0.1, 0.15) is 16.1 Å². The van der Waals surface area contributed by atoms with Gasteiger partial charge in [-0.1, -0.05) is 0 Å². The summed E-state index contributed by atoms with van der Waals surface area (Å²) >= 11 is 0. The van der Waals surface area contributed by atoms with Crippen LogP contribution in [-0.2, 0) is 9.59 Å². The Bertz CT molecular complexity index is 1330. The van der Waals surface area contributed by atoms with Crippen LogP contribution in [0.3, 0.4) is 0 Å². The summed E-state index contributed by atoms with van der Waals surface area (Å²) in [5.41, 5.74) is 2.35. The molecule has 10 nitrogen and oxygen atoms in total. The highest BCUT2D eigenvalue weighted by Crippen LogP contribution is 2.53. The van der Waals surface area contributed by atoms with Gasteiger partial charge in [0.05, 0.1) is 19.8 Å². The van der Waals surface area contributed by atoms with Crippen molar-refractivity contribution in [2.24, 2.45) is 0 Å². The molecule has 0 radical (unpaired) electrons. The third-order valence-corrected chi connectivity index (χ3v) is 5.01. The van der Waals surface area contributed by atoms with Gasteiger partial charge in [0.15, 0.2) is 23.0 Å². The largest absolute Gasteiger partial charge is 0.493 e. The second kappa shape index (κ2) is 8.50. The minimum absolute atomic E-state index is 0.151. The van der Waals surface area contributed by atoms with Crippen LogP contribution in [0, 0.1) is 0 Å². The summed E-state index contributed by atoms with van der Waals surface area (Å²) in [5, 5.41) is 17.3. The number of carbonyl (C=O) groups is 3. The van der Waals surface area contributed by atoms with E-state index in [4.69, 9.17) is 29.2 Å². The predicted molar refractivity (Wildman–Crippen MR) is 114 cm³/mol. The average molecular weight is 451 g/mol. The summed E-state index contributed by atoms with van der Waals surface area (Å²) in [6, 6.07) is 7.38. The minimum atomic E-state index is -1.26. The summed E-state index contributed by atoms with van der Waals surface area (Å²) in [6.45, 7) is 0.151. The van der Waals surface area contributed by atoms with E-state index in [0.717, 1.165) is 21.9 Å². The fourth-order valence-electron chi connectivity index (χ4n) is 3.76. The number of methoxy groups -OCH3 is 2. The number of aromatic nitrogens is 1. The van der Waals surface area contributed by atoms with E-state index in [1.54, 1.807) is 19.4 Å². The Hall–Kier alpha value is -4.60. The molecule has 0 atom stereocenters. The van der Waals surface area contributed by atoms with E-state index in [2.05, 4.69) is 4.98 Å². The zero-order valence-electron chi connectivity index (χ0n) is 17.4. The lowest BCUT2D eigenvalue weighted by Crippen LogP contribution is -2.14. The SMILES string of the molecule is COc1ccc2c(c1OC)C(=O)c1nccc3cc4c(c-2c13)OCO4.O=C(O)/C=C/C(=O)O. The quantitative estimate of drug-likeness (QED) is 0.445. The van der Waals surface area contributed by atoms with E-state index in [1.807, 2.05) is 18.2 Å². The van der Waals surface area contributed by atoms with Gasteiger partial charge in [0, 0.05) is 34.9 Å². The summed E-state index contributed by atoms with van der Waals surface area (Å²) in [5.74, 6) is -0.527. The maximum atomic E-state index is 13.2. The van der Waals surface area contributed by atoms with E-state index < -0.39 is 11.9 Å². The predicted octanol–water partition coefficient (Wildman–Crippen LogP) is 2.90. The molecule has 0 spiro atoms. The molecule has 3 aromatic rings. The molecule has 0 saturated carbocycles. The molecule has 0 saturated heterocycles. The normalized spacial score (nSPS) is 12.7. The van der Waals surface area contributed by atoms with E-state index in [9.17, 15) is 14.4 Å². The molecule has 1 aromatic heterocycles. The lowest BCUT2D eigenvalue weighted by Gasteiger charge is -2.23. The molecular formula is C23H17NO9. The van der Waals surface area contributed by atoms with Crippen molar-refractivity contribution in [3.8, 4) is 34.1 Å². The first-order valence-corrected chi connectivity index (χ1v) is 9.52. The molecule has 168 valence electrons. The minimum Gasteiger partial charge on any atom is -0.493 e. The van der Waals surface area contributed by atoms with Crippen LogP contribution in [-0.4, -0.2) is 53.9 Å². The first-order valence-electron chi connectivity index (χ1n) is 9.52. The van der Waals surface area contributed by atoms with E-state index in [-0.39, 0.29) is 12.6 Å². The first-order chi connectivity index (χ1) is 15.9. The molecule has 2 aromatic carbocycles. The van der Waals surface area contributed by atoms with Crippen molar-refractivity contribution in [3.05, 3.63) is 53.9 Å². The second-order valence-electron chi connectivity index (χ2n) is 6.81. The van der Waals surface area contributed by atoms with Crippen LogP contribution in [0.15, 0.2) is 42.6 Å². The van der Waals surface area contributed by atoms with Crippen LogP contribution in [0.5, 0.6) is 23.0 Å². The van der Waals surface area contributed by atoms with Gasteiger partial charge in [-0.25, -0.2) is 9.59 Å². The number of rotatable bonds is 4. The van der Waals surface area contributed by atoms with Crippen molar-refractivity contribution >= 4 is 28.5 Å². The molecule has 0 unspecified atom stereocenters. The third kappa shape index (κ3) is 3.67. The maximum Gasteiger partial charge on any atom is 0.328 e. The van der Waals surface area contributed by atoms with Crippen LogP contribution in [0.2, 0.25) is 0 Å². The summed E-state index contributed by atoms with van der Waals surface area (Å²) < 4.78 is 22.1. The lowest BCUT2D eigenvalue weighted by molar-refractivity contribution is -0.134. The van der Waals surface area contributed by atoms with E-state index in [0.29, 0.717) is 46.4 Å². The van der Waals surface area contributed by atoms with Crippen LogP contribution in [0.4, 0.5) is 0 Å². The lowest BCUT2D eigenvalue weighted by atomic mass is 9.84. The molecule has 2 heterocycles. The van der Waals surface area contributed by atoms with Gasteiger partial charge >= 0.3 is 11.9 Å². The second-order valence-corrected chi connectivity index (χ2v) is 6.81. The number of carboxylic acid groups (broad SMARTS) is 2. The molecule has 5 rings (SSSR count). The zero-order valence-corrected chi connectivity index (χ0v) is 17.4. The number of hydrogen-bond acceptors (Lipinski definition) is 8. The number of pyridine rings is 1. The Morgan fingerprint density at radius 2 is 1.76 bits per heavy atom. The van der Waals surface area contributed by atoms with Crippen LogP contribution in [0.25, 0.3) is 21.9 Å². The number of fused-ring (bicyclic) bond motifs is 4. The number of aliphatic carboxylic acids is 2. The molecule has 0 bridgehead atoms. The molecular weight excluding hydrogens is 434 g/mol. The maximum absolute atomic E-state index is 13.2. The molecule has 10 heteroatoms. The van der Waals surface area contributed by atoms with Crippen LogP contribution >= 0.6 is 0 Å². The zero-order chi connectivity index (χ0) is 23.7. The molecule has 0 amide bonds. The van der Waals surface area contributed by atoms with Crippen molar-refractivity contribution < 1.29 is 43.5 Å². The Balaban J connectivity index is 0.000000281. The molecule has 2 N–H and O–H groups in total. The summed E-state index contributed by atoms with van der Waals surface area (Å²) in [4.78, 5) is 36.6. The van der Waals surface area contributed by atoms with Gasteiger partial charge < -0.3 is 29.2 Å². The molecule has 1 aliphatic carbocycles. The fraction of sp³-hybridized carbons (Fsp3) is 0.130. The standard InChI is InChI=1S/C19H13NO5.C4H4O4/c1-22-11-4-3-10-14-13-9(7-12-19(14)25-8-24-12)5-6-20-16(13)17(21)15(10)18(11)23-2;5-3(6)1-2-4(7)8/h3-7H,8H2,1-2H3;1-2H,(H,5,6)(H,7,8)/b;2-1+. The van der Waals surface area contributed by atoms with Crippen molar-refractivity contribution in [3.63, 3.8) is 0 Å². The van der Waals surface area contributed by atoms with Gasteiger partial charge in [-0.15, -0.1) is 0 Å². The monoisotopic (exact) mass is 451 g/mol. The average Bonchev–Trinajstić information content (AvgIpc) is 3.27. The summed E-state index contributed by atoms with van der Waals surface area (Å²) in [7, 11) is 3.06. The Morgan fingerprint density at radius 3 is 2.39 bits per heavy atom. The highest BCUT2D eigenvalue weighted by molar-refractivity contribution is 6.27. The van der Waals surface area contributed by atoms with Gasteiger partial charge in [-0.05, 0) is 29.7 Å². The molecule has 1 aliphatic heterocycles. The van der Waals surface area contributed by atoms with Gasteiger partial charge in [-0.3, -0.25) is 9.78 Å². The van der Waals surface area contributed by atoms with Gasteiger partial charge in [0.25, 0.3) is 0 Å². The first kappa shape index (κ1) is 21.6. The highest BCUT2D eigenvalue weighted by Gasteiger charge is 2.35. The number of benzene rings is 2.